The number of para-hydroxylation sites is 1. The molecule has 0 aliphatic carbocycles. The smallest absolute Gasteiger partial charge is 0.256 e. The Labute approximate surface area is 202 Å². The number of carbonyl (C=O) groups is 1. The summed E-state index contributed by atoms with van der Waals surface area (Å²) in [4.78, 5) is 18.4. The van der Waals surface area contributed by atoms with Crippen LogP contribution >= 0.6 is 0 Å². The van der Waals surface area contributed by atoms with Gasteiger partial charge in [-0.15, -0.1) is 0 Å². The molecule has 1 aliphatic heterocycles. The van der Waals surface area contributed by atoms with E-state index in [0.717, 1.165) is 17.7 Å². The second kappa shape index (κ2) is 8.88. The monoisotopic (exact) mass is 492 g/mol. The number of hydrogen-bond donors (Lipinski definition) is 1. The maximum Gasteiger partial charge on any atom is 0.256 e. The van der Waals surface area contributed by atoms with Crippen LogP contribution in [0.2, 0.25) is 0 Å². The SMILES string of the molecule is CCc1ccccc1NC(=O)c1cc(-c2ccc(F)cc2)nc2c1c(C)nn2C1CCS(=O)(=O)C1. The molecule has 1 N–H and O–H groups in total. The van der Waals surface area contributed by atoms with Gasteiger partial charge in [-0.25, -0.2) is 22.5 Å². The molecule has 1 aliphatic rings. The van der Waals surface area contributed by atoms with Crippen molar-refractivity contribution in [1.29, 1.82) is 0 Å². The lowest BCUT2D eigenvalue weighted by atomic mass is 10.0. The summed E-state index contributed by atoms with van der Waals surface area (Å²) in [6.07, 6.45) is 1.20. The van der Waals surface area contributed by atoms with Crippen LogP contribution in [0.1, 0.15) is 41.0 Å². The van der Waals surface area contributed by atoms with E-state index in [4.69, 9.17) is 4.98 Å². The van der Waals surface area contributed by atoms with Crippen molar-refractivity contribution in [3.05, 3.63) is 77.2 Å². The molecule has 1 unspecified atom stereocenters. The third-order valence-corrected chi connectivity index (χ3v) is 8.17. The van der Waals surface area contributed by atoms with Crippen molar-refractivity contribution < 1.29 is 17.6 Å². The lowest BCUT2D eigenvalue weighted by Crippen LogP contribution is -2.15. The van der Waals surface area contributed by atoms with Crippen LogP contribution in [0, 0.1) is 12.7 Å². The van der Waals surface area contributed by atoms with Crippen LogP contribution in [0.3, 0.4) is 0 Å². The van der Waals surface area contributed by atoms with Gasteiger partial charge in [-0.3, -0.25) is 4.79 Å². The number of fused-ring (bicyclic) bond motifs is 1. The molecule has 0 radical (unpaired) electrons. The molecule has 3 heterocycles. The highest BCUT2D eigenvalue weighted by molar-refractivity contribution is 7.91. The van der Waals surface area contributed by atoms with Crippen LogP contribution < -0.4 is 5.32 Å². The molecule has 7 nitrogen and oxygen atoms in total. The Bertz CT molecular complexity index is 1550. The molecule has 4 aromatic rings. The molecule has 180 valence electrons. The van der Waals surface area contributed by atoms with E-state index in [1.54, 1.807) is 29.8 Å². The van der Waals surface area contributed by atoms with Crippen LogP contribution in [-0.4, -0.2) is 40.6 Å². The molecule has 0 spiro atoms. The van der Waals surface area contributed by atoms with Crippen LogP contribution in [0.5, 0.6) is 0 Å². The lowest BCUT2D eigenvalue weighted by Gasteiger charge is -2.13. The van der Waals surface area contributed by atoms with E-state index in [1.165, 1.54) is 12.1 Å². The molecule has 9 heteroatoms. The van der Waals surface area contributed by atoms with E-state index in [0.29, 0.717) is 40.0 Å². The Hall–Kier alpha value is -3.59. The molecule has 1 amide bonds. The first kappa shape index (κ1) is 23.2. The van der Waals surface area contributed by atoms with Gasteiger partial charge in [-0.05, 0) is 61.7 Å². The fourth-order valence-corrected chi connectivity index (χ4v) is 6.32. The second-order valence-electron chi connectivity index (χ2n) is 8.81. The Balaban J connectivity index is 1.68. The molecular weight excluding hydrogens is 467 g/mol. The molecule has 2 aromatic carbocycles. The number of nitrogens with zero attached hydrogens (tertiary/aromatic N) is 3. The van der Waals surface area contributed by atoms with E-state index < -0.39 is 9.84 Å². The largest absolute Gasteiger partial charge is 0.322 e. The topological polar surface area (TPSA) is 93.9 Å². The highest BCUT2D eigenvalue weighted by atomic mass is 32.2. The Morgan fingerprint density at radius 1 is 1.17 bits per heavy atom. The Kier molecular flexibility index (Phi) is 5.88. The number of nitrogens with one attached hydrogen (secondary N) is 1. The maximum absolute atomic E-state index is 13.6. The summed E-state index contributed by atoms with van der Waals surface area (Å²) in [5.74, 6) is -0.613. The molecule has 0 saturated carbocycles. The molecule has 2 aromatic heterocycles. The fourth-order valence-electron chi connectivity index (χ4n) is 4.62. The summed E-state index contributed by atoms with van der Waals surface area (Å²) in [6, 6.07) is 14.8. The third kappa shape index (κ3) is 4.43. The number of amides is 1. The van der Waals surface area contributed by atoms with E-state index in [1.807, 2.05) is 31.2 Å². The first-order valence-corrected chi connectivity index (χ1v) is 13.3. The summed E-state index contributed by atoms with van der Waals surface area (Å²) in [5.41, 5.74) is 4.27. The van der Waals surface area contributed by atoms with Gasteiger partial charge in [0.15, 0.2) is 15.5 Å². The fraction of sp³-hybridized carbons (Fsp3) is 0.269. The van der Waals surface area contributed by atoms with Crippen molar-refractivity contribution in [3.8, 4) is 11.3 Å². The van der Waals surface area contributed by atoms with Gasteiger partial charge in [-0.2, -0.15) is 5.10 Å². The predicted octanol–water partition coefficient (Wildman–Crippen LogP) is 4.72. The average Bonchev–Trinajstić information content (AvgIpc) is 3.38. The quantitative estimate of drug-likeness (QED) is 0.435. The number of aryl methyl sites for hydroxylation is 2. The van der Waals surface area contributed by atoms with Crippen LogP contribution in [0.15, 0.2) is 54.6 Å². The highest BCUT2D eigenvalue weighted by Crippen LogP contribution is 2.32. The van der Waals surface area contributed by atoms with Gasteiger partial charge < -0.3 is 5.32 Å². The van der Waals surface area contributed by atoms with Crippen molar-refractivity contribution in [1.82, 2.24) is 14.8 Å². The van der Waals surface area contributed by atoms with Crippen LogP contribution in [0.25, 0.3) is 22.3 Å². The zero-order chi connectivity index (χ0) is 24.7. The van der Waals surface area contributed by atoms with Crippen molar-refractivity contribution in [3.63, 3.8) is 0 Å². The number of rotatable bonds is 5. The summed E-state index contributed by atoms with van der Waals surface area (Å²) in [6.45, 7) is 3.81. The molecule has 5 rings (SSSR count). The lowest BCUT2D eigenvalue weighted by molar-refractivity contribution is 0.102. The molecule has 1 fully saturated rings. The molecule has 35 heavy (non-hydrogen) atoms. The minimum absolute atomic E-state index is 0.0168. The van der Waals surface area contributed by atoms with E-state index in [-0.39, 0.29) is 29.3 Å². The van der Waals surface area contributed by atoms with E-state index in [2.05, 4.69) is 10.4 Å². The third-order valence-electron chi connectivity index (χ3n) is 6.42. The summed E-state index contributed by atoms with van der Waals surface area (Å²) in [5, 5.41) is 8.21. The van der Waals surface area contributed by atoms with Crippen molar-refractivity contribution in [2.45, 2.75) is 32.7 Å². The van der Waals surface area contributed by atoms with Crippen molar-refractivity contribution in [2.24, 2.45) is 0 Å². The van der Waals surface area contributed by atoms with Gasteiger partial charge in [0.05, 0.1) is 39.9 Å². The second-order valence-corrected chi connectivity index (χ2v) is 11.0. The zero-order valence-corrected chi connectivity index (χ0v) is 20.3. The van der Waals surface area contributed by atoms with Crippen LogP contribution in [-0.2, 0) is 16.3 Å². The Morgan fingerprint density at radius 2 is 1.91 bits per heavy atom. The number of benzene rings is 2. The number of pyridine rings is 1. The van der Waals surface area contributed by atoms with Crippen molar-refractivity contribution in [2.75, 3.05) is 16.8 Å². The summed E-state index contributed by atoms with van der Waals surface area (Å²) < 4.78 is 39.5. The maximum atomic E-state index is 13.6. The summed E-state index contributed by atoms with van der Waals surface area (Å²) in [7, 11) is -3.15. The Morgan fingerprint density at radius 3 is 2.60 bits per heavy atom. The van der Waals surface area contributed by atoms with E-state index in [9.17, 15) is 17.6 Å². The van der Waals surface area contributed by atoms with Gasteiger partial charge in [-0.1, -0.05) is 25.1 Å². The van der Waals surface area contributed by atoms with Crippen molar-refractivity contribution >= 4 is 32.5 Å². The minimum Gasteiger partial charge on any atom is -0.322 e. The molecule has 0 bridgehead atoms. The van der Waals surface area contributed by atoms with E-state index >= 15 is 0 Å². The number of halogens is 1. The number of anilines is 1. The number of hydrogen-bond acceptors (Lipinski definition) is 5. The highest BCUT2D eigenvalue weighted by Gasteiger charge is 2.32. The molecule has 1 saturated heterocycles. The van der Waals surface area contributed by atoms with Gasteiger partial charge in [0.25, 0.3) is 5.91 Å². The van der Waals surface area contributed by atoms with Gasteiger partial charge >= 0.3 is 0 Å². The van der Waals surface area contributed by atoms with Gasteiger partial charge in [0.1, 0.15) is 5.82 Å². The number of aromatic nitrogens is 3. The average molecular weight is 493 g/mol. The molecule has 1 atom stereocenters. The first-order chi connectivity index (χ1) is 16.8. The first-order valence-electron chi connectivity index (χ1n) is 11.5. The van der Waals surface area contributed by atoms with Crippen LogP contribution in [0.4, 0.5) is 10.1 Å². The van der Waals surface area contributed by atoms with Gasteiger partial charge in [0.2, 0.25) is 0 Å². The van der Waals surface area contributed by atoms with Gasteiger partial charge in [0, 0.05) is 11.3 Å². The normalized spacial score (nSPS) is 17.1. The predicted molar refractivity (Wildman–Crippen MR) is 134 cm³/mol. The standard InChI is InChI=1S/C26H25FN4O3S/c1-3-17-6-4-5-7-22(17)29-26(32)21-14-23(18-8-10-19(27)11-9-18)28-25-24(21)16(2)30-31(25)20-12-13-35(33,34)15-20/h4-11,14,20H,3,12-13,15H2,1-2H3,(H,29,32). The number of carbonyl (C=O) groups excluding carboxylic acids is 1. The summed E-state index contributed by atoms with van der Waals surface area (Å²) >= 11 is 0. The number of sulfone groups is 1. The molecular formula is C26H25FN4O3S. The minimum atomic E-state index is -3.15. The zero-order valence-electron chi connectivity index (χ0n) is 19.5.